The van der Waals surface area contributed by atoms with E-state index >= 15 is 0 Å². The van der Waals surface area contributed by atoms with Crippen LogP contribution in [0.1, 0.15) is 13.3 Å². The summed E-state index contributed by atoms with van der Waals surface area (Å²) in [6, 6.07) is 2.79. The monoisotopic (exact) mass is 223 g/mol. The van der Waals surface area contributed by atoms with Gasteiger partial charge in [0.25, 0.3) is 5.69 Å². The molecular formula is C10H13N3O3. The topological polar surface area (TPSA) is 79.5 Å². The minimum atomic E-state index is -0.730. The summed E-state index contributed by atoms with van der Waals surface area (Å²) in [5.41, 5.74) is -0.705. The fourth-order valence-corrected chi connectivity index (χ4v) is 1.83. The van der Waals surface area contributed by atoms with Crippen molar-refractivity contribution >= 4 is 11.5 Å². The van der Waals surface area contributed by atoms with Crippen molar-refractivity contribution in [3.8, 4) is 0 Å². The molecule has 0 spiro atoms. The first-order chi connectivity index (χ1) is 7.48. The Hall–Kier alpha value is -1.69. The molecule has 0 bridgehead atoms. The standard InChI is InChI=1S/C10H13N3O3/c1-10(14)3-5-12(7-10)9-6-8(13(15)16)2-4-11-9/h2,4,6,14H,3,5,7H2,1H3. The molecule has 0 saturated carbocycles. The first kappa shape index (κ1) is 10.8. The minimum absolute atomic E-state index is 0.0246. The molecule has 1 aromatic rings. The van der Waals surface area contributed by atoms with Gasteiger partial charge in [-0.25, -0.2) is 4.98 Å². The average molecular weight is 223 g/mol. The number of nitrogens with zero attached hydrogens (tertiary/aromatic N) is 3. The van der Waals surface area contributed by atoms with Gasteiger partial charge in [-0.15, -0.1) is 0 Å². The van der Waals surface area contributed by atoms with Crippen molar-refractivity contribution in [2.75, 3.05) is 18.0 Å². The smallest absolute Gasteiger partial charge is 0.274 e. The molecule has 2 rings (SSSR count). The van der Waals surface area contributed by atoms with E-state index in [0.29, 0.717) is 25.3 Å². The van der Waals surface area contributed by atoms with E-state index < -0.39 is 10.5 Å². The summed E-state index contributed by atoms with van der Waals surface area (Å²) in [6.07, 6.45) is 2.07. The van der Waals surface area contributed by atoms with E-state index in [4.69, 9.17) is 0 Å². The van der Waals surface area contributed by atoms with Crippen LogP contribution >= 0.6 is 0 Å². The molecule has 1 aromatic heterocycles. The molecule has 1 N–H and O–H groups in total. The highest BCUT2D eigenvalue weighted by Gasteiger charge is 2.32. The summed E-state index contributed by atoms with van der Waals surface area (Å²) >= 11 is 0. The van der Waals surface area contributed by atoms with Gasteiger partial charge in [-0.2, -0.15) is 0 Å². The van der Waals surface area contributed by atoms with E-state index in [-0.39, 0.29) is 5.69 Å². The molecule has 6 nitrogen and oxygen atoms in total. The number of pyridine rings is 1. The van der Waals surface area contributed by atoms with E-state index in [0.717, 1.165) is 0 Å². The van der Waals surface area contributed by atoms with Crippen LogP contribution in [0.2, 0.25) is 0 Å². The Morgan fingerprint density at radius 1 is 1.69 bits per heavy atom. The highest BCUT2D eigenvalue weighted by atomic mass is 16.6. The largest absolute Gasteiger partial charge is 0.388 e. The number of aliphatic hydroxyl groups is 1. The number of aromatic nitrogens is 1. The van der Waals surface area contributed by atoms with Crippen molar-refractivity contribution in [1.82, 2.24) is 4.98 Å². The maximum atomic E-state index is 10.6. The second kappa shape index (κ2) is 3.71. The van der Waals surface area contributed by atoms with Crippen molar-refractivity contribution in [3.05, 3.63) is 28.4 Å². The predicted molar refractivity (Wildman–Crippen MR) is 58.3 cm³/mol. The van der Waals surface area contributed by atoms with Gasteiger partial charge in [0.15, 0.2) is 0 Å². The fraction of sp³-hybridized carbons (Fsp3) is 0.500. The molecule has 0 amide bonds. The summed E-state index contributed by atoms with van der Waals surface area (Å²) in [4.78, 5) is 16.1. The molecule has 1 saturated heterocycles. The van der Waals surface area contributed by atoms with Crippen LogP contribution in [0.5, 0.6) is 0 Å². The lowest BCUT2D eigenvalue weighted by Crippen LogP contribution is -2.29. The van der Waals surface area contributed by atoms with Crippen LogP contribution in [0.3, 0.4) is 0 Å². The number of rotatable bonds is 2. The highest BCUT2D eigenvalue weighted by molar-refractivity contribution is 5.47. The van der Waals surface area contributed by atoms with Crippen LogP contribution in [-0.4, -0.2) is 33.7 Å². The van der Waals surface area contributed by atoms with Gasteiger partial charge in [-0.3, -0.25) is 10.1 Å². The molecule has 0 radical (unpaired) electrons. The number of anilines is 1. The van der Waals surface area contributed by atoms with Crippen LogP contribution in [0.15, 0.2) is 18.3 Å². The lowest BCUT2D eigenvalue weighted by molar-refractivity contribution is -0.384. The van der Waals surface area contributed by atoms with Crippen molar-refractivity contribution in [1.29, 1.82) is 0 Å². The zero-order valence-corrected chi connectivity index (χ0v) is 8.96. The predicted octanol–water partition coefficient (Wildman–Crippen LogP) is 0.951. The van der Waals surface area contributed by atoms with Crippen molar-refractivity contribution < 1.29 is 10.0 Å². The van der Waals surface area contributed by atoms with Gasteiger partial charge in [0, 0.05) is 25.4 Å². The Morgan fingerprint density at radius 2 is 2.44 bits per heavy atom. The molecule has 1 fully saturated rings. The molecule has 0 aliphatic carbocycles. The van der Waals surface area contributed by atoms with Gasteiger partial charge < -0.3 is 10.0 Å². The summed E-state index contributed by atoms with van der Waals surface area (Å²) in [7, 11) is 0. The van der Waals surface area contributed by atoms with E-state index in [2.05, 4.69) is 4.98 Å². The minimum Gasteiger partial charge on any atom is -0.388 e. The number of hydrogen-bond donors (Lipinski definition) is 1. The van der Waals surface area contributed by atoms with Gasteiger partial charge in [-0.05, 0) is 13.3 Å². The van der Waals surface area contributed by atoms with Gasteiger partial charge in [0.1, 0.15) is 5.82 Å². The fourth-order valence-electron chi connectivity index (χ4n) is 1.83. The summed E-state index contributed by atoms with van der Waals surface area (Å²) < 4.78 is 0. The quantitative estimate of drug-likeness (QED) is 0.596. The Labute approximate surface area is 92.7 Å². The Bertz CT molecular complexity index is 420. The molecule has 1 unspecified atom stereocenters. The number of hydrogen-bond acceptors (Lipinski definition) is 5. The molecular weight excluding hydrogens is 210 g/mol. The lowest BCUT2D eigenvalue weighted by atomic mass is 10.1. The SMILES string of the molecule is CC1(O)CCN(c2cc([N+](=O)[O-])ccn2)C1. The number of β-amino-alcohol motifs (C(OH)–C–C–N with tert-alkyl or cyclic N) is 1. The van der Waals surface area contributed by atoms with Crippen LogP contribution in [0.25, 0.3) is 0 Å². The molecule has 1 aliphatic heterocycles. The Kier molecular flexibility index (Phi) is 2.51. The molecule has 2 heterocycles. The average Bonchev–Trinajstić information content (AvgIpc) is 2.59. The summed E-state index contributed by atoms with van der Waals surface area (Å²) in [5.74, 6) is 0.548. The van der Waals surface area contributed by atoms with Gasteiger partial charge >= 0.3 is 0 Å². The van der Waals surface area contributed by atoms with Gasteiger partial charge in [0.05, 0.1) is 16.6 Å². The second-order valence-electron chi connectivity index (χ2n) is 4.30. The number of nitro groups is 1. The lowest BCUT2D eigenvalue weighted by Gasteiger charge is -2.19. The molecule has 86 valence electrons. The molecule has 1 aliphatic rings. The molecule has 1 atom stereocenters. The van der Waals surface area contributed by atoms with Crippen molar-refractivity contribution in [2.24, 2.45) is 0 Å². The van der Waals surface area contributed by atoms with Gasteiger partial charge in [-0.1, -0.05) is 0 Å². The zero-order chi connectivity index (χ0) is 11.8. The highest BCUT2D eigenvalue weighted by Crippen LogP contribution is 2.26. The zero-order valence-electron chi connectivity index (χ0n) is 8.96. The van der Waals surface area contributed by atoms with E-state index in [1.54, 1.807) is 6.92 Å². The Morgan fingerprint density at radius 3 is 3.00 bits per heavy atom. The van der Waals surface area contributed by atoms with E-state index in [1.165, 1.54) is 18.3 Å². The third-order valence-corrected chi connectivity index (χ3v) is 2.72. The van der Waals surface area contributed by atoms with Crippen LogP contribution in [-0.2, 0) is 0 Å². The first-order valence-electron chi connectivity index (χ1n) is 5.06. The van der Waals surface area contributed by atoms with Crippen molar-refractivity contribution in [3.63, 3.8) is 0 Å². The third-order valence-electron chi connectivity index (χ3n) is 2.72. The molecule has 6 heteroatoms. The summed E-state index contributed by atoms with van der Waals surface area (Å²) in [6.45, 7) is 2.88. The first-order valence-corrected chi connectivity index (χ1v) is 5.06. The maximum absolute atomic E-state index is 10.6. The van der Waals surface area contributed by atoms with Crippen LogP contribution < -0.4 is 4.90 Å². The van der Waals surface area contributed by atoms with Gasteiger partial charge in [0.2, 0.25) is 0 Å². The van der Waals surface area contributed by atoms with Crippen molar-refractivity contribution in [2.45, 2.75) is 18.9 Å². The van der Waals surface area contributed by atoms with Crippen LogP contribution in [0, 0.1) is 10.1 Å². The summed E-state index contributed by atoms with van der Waals surface area (Å²) in [5, 5.41) is 20.4. The van der Waals surface area contributed by atoms with E-state index in [1.807, 2.05) is 4.90 Å². The second-order valence-corrected chi connectivity index (χ2v) is 4.30. The third kappa shape index (κ3) is 2.11. The van der Waals surface area contributed by atoms with Crippen LogP contribution in [0.4, 0.5) is 11.5 Å². The molecule has 16 heavy (non-hydrogen) atoms. The van der Waals surface area contributed by atoms with E-state index in [9.17, 15) is 15.2 Å². The normalized spacial score (nSPS) is 24.8. The maximum Gasteiger partial charge on any atom is 0.274 e. The molecule has 0 aromatic carbocycles. The Balaban J connectivity index is 2.22.